The van der Waals surface area contributed by atoms with E-state index >= 15 is 0 Å². The van der Waals surface area contributed by atoms with Crippen LogP contribution in [0, 0.1) is 23.7 Å². The Morgan fingerprint density at radius 2 is 2.06 bits per heavy atom. The molecule has 18 heavy (non-hydrogen) atoms. The van der Waals surface area contributed by atoms with Crippen LogP contribution in [0.4, 0.5) is 0 Å². The van der Waals surface area contributed by atoms with E-state index in [9.17, 15) is 0 Å². The van der Waals surface area contributed by atoms with Crippen LogP contribution >= 0.6 is 0 Å². The number of rotatable bonds is 7. The third-order valence-electron chi connectivity index (χ3n) is 3.12. The van der Waals surface area contributed by atoms with Crippen LogP contribution in [0.3, 0.4) is 0 Å². The fraction of sp³-hybridized carbons (Fsp3) is 0.562. The maximum atomic E-state index is 8.91. The van der Waals surface area contributed by atoms with Crippen LogP contribution in [0.15, 0.2) is 24.3 Å². The van der Waals surface area contributed by atoms with Crippen LogP contribution in [0.25, 0.3) is 0 Å². The summed E-state index contributed by atoms with van der Waals surface area (Å²) in [5.74, 6) is 0. The van der Waals surface area contributed by atoms with E-state index in [0.29, 0.717) is 0 Å². The van der Waals surface area contributed by atoms with Crippen LogP contribution in [0.2, 0.25) is 0 Å². The molecule has 0 radical (unpaired) electrons. The van der Waals surface area contributed by atoms with Gasteiger partial charge in [0.15, 0.2) is 0 Å². The highest BCUT2D eigenvalue weighted by molar-refractivity contribution is 5.21. The van der Waals surface area contributed by atoms with Crippen LogP contribution in [0.1, 0.15) is 44.2 Å². The molecule has 0 aliphatic heterocycles. The molecule has 0 aromatic heterocycles. The minimum absolute atomic E-state index is 0.170. The Balaban J connectivity index is 2.11. The second kappa shape index (κ2) is 7.18. The Bertz CT molecular complexity index is 402. The lowest BCUT2D eigenvalue weighted by molar-refractivity contribution is 0.422. The van der Waals surface area contributed by atoms with Gasteiger partial charge in [-0.15, -0.1) is 0 Å². The molecule has 1 rings (SSSR count). The Morgan fingerprint density at radius 3 is 2.72 bits per heavy atom. The first kappa shape index (κ1) is 14.7. The summed E-state index contributed by atoms with van der Waals surface area (Å²) >= 11 is 0. The second-order valence-electron chi connectivity index (χ2n) is 5.62. The van der Waals surface area contributed by atoms with E-state index < -0.39 is 0 Å². The fourth-order valence-corrected chi connectivity index (χ4v) is 1.93. The van der Waals surface area contributed by atoms with Crippen molar-refractivity contribution in [3.63, 3.8) is 0 Å². The van der Waals surface area contributed by atoms with E-state index in [0.717, 1.165) is 32.4 Å². The van der Waals surface area contributed by atoms with Crippen LogP contribution in [-0.2, 0) is 6.54 Å². The minimum atomic E-state index is -0.170. The van der Waals surface area contributed by atoms with Crippen molar-refractivity contribution in [1.82, 2.24) is 5.32 Å². The highest BCUT2D eigenvalue weighted by Gasteiger charge is 2.15. The molecule has 0 aliphatic carbocycles. The molecule has 1 aromatic rings. The predicted molar refractivity (Wildman–Crippen MR) is 76.1 cm³/mol. The summed E-state index contributed by atoms with van der Waals surface area (Å²) in [4.78, 5) is 0. The smallest absolute Gasteiger partial charge is 0.0683 e. The lowest BCUT2D eigenvalue weighted by Gasteiger charge is -2.14. The van der Waals surface area contributed by atoms with Gasteiger partial charge in [-0.2, -0.15) is 5.26 Å². The van der Waals surface area contributed by atoms with Crippen molar-refractivity contribution in [2.24, 2.45) is 5.41 Å². The summed E-state index contributed by atoms with van der Waals surface area (Å²) in [5, 5.41) is 12.4. The molecular formula is C16H24N2. The Labute approximate surface area is 111 Å². The average molecular weight is 244 g/mol. The van der Waals surface area contributed by atoms with Crippen molar-refractivity contribution in [1.29, 1.82) is 5.26 Å². The van der Waals surface area contributed by atoms with Gasteiger partial charge in [0.25, 0.3) is 0 Å². The summed E-state index contributed by atoms with van der Waals surface area (Å²) in [5.41, 5.74) is 2.48. The number of hydrogen-bond acceptors (Lipinski definition) is 2. The van der Waals surface area contributed by atoms with Gasteiger partial charge < -0.3 is 5.32 Å². The van der Waals surface area contributed by atoms with Crippen LogP contribution < -0.4 is 5.32 Å². The van der Waals surface area contributed by atoms with E-state index in [-0.39, 0.29) is 5.41 Å². The highest BCUT2D eigenvalue weighted by Crippen LogP contribution is 2.21. The fourth-order valence-electron chi connectivity index (χ4n) is 1.93. The zero-order valence-corrected chi connectivity index (χ0v) is 11.8. The largest absolute Gasteiger partial charge is 0.313 e. The molecule has 0 atom stereocenters. The molecule has 1 aromatic carbocycles. The highest BCUT2D eigenvalue weighted by atomic mass is 14.8. The van der Waals surface area contributed by atoms with E-state index in [1.807, 2.05) is 13.8 Å². The summed E-state index contributed by atoms with van der Waals surface area (Å²) in [6, 6.07) is 10.9. The van der Waals surface area contributed by atoms with E-state index in [1.54, 1.807) is 0 Å². The molecule has 0 heterocycles. The maximum absolute atomic E-state index is 8.91. The van der Waals surface area contributed by atoms with Crippen molar-refractivity contribution in [2.45, 2.75) is 46.6 Å². The third-order valence-corrected chi connectivity index (χ3v) is 3.12. The molecule has 0 saturated carbocycles. The second-order valence-corrected chi connectivity index (χ2v) is 5.62. The minimum Gasteiger partial charge on any atom is -0.313 e. The Hall–Kier alpha value is -1.33. The van der Waals surface area contributed by atoms with Gasteiger partial charge in [-0.25, -0.2) is 0 Å². The molecule has 0 fully saturated rings. The number of nitriles is 1. The molecule has 0 unspecified atom stereocenters. The van der Waals surface area contributed by atoms with E-state index in [1.165, 1.54) is 11.1 Å². The van der Waals surface area contributed by atoms with Crippen LogP contribution in [0.5, 0.6) is 0 Å². The number of unbranched alkanes of at least 4 members (excludes halogenated alkanes) is 1. The molecule has 0 spiro atoms. The van der Waals surface area contributed by atoms with Crippen LogP contribution in [-0.4, -0.2) is 6.54 Å². The number of hydrogen-bond donors (Lipinski definition) is 1. The molecule has 1 N–H and O–H groups in total. The summed E-state index contributed by atoms with van der Waals surface area (Å²) in [7, 11) is 0. The SMILES string of the molecule is Cc1cccc(CNCCCCC(C)(C)C#N)c1. The van der Waals surface area contributed by atoms with Crippen molar-refractivity contribution in [3.05, 3.63) is 35.4 Å². The lowest BCUT2D eigenvalue weighted by Crippen LogP contribution is -2.15. The van der Waals surface area contributed by atoms with Gasteiger partial charge in [0.2, 0.25) is 0 Å². The van der Waals surface area contributed by atoms with Gasteiger partial charge in [0.05, 0.1) is 11.5 Å². The number of nitrogens with one attached hydrogen (secondary N) is 1. The van der Waals surface area contributed by atoms with Gasteiger partial charge in [0.1, 0.15) is 0 Å². The Morgan fingerprint density at radius 1 is 1.28 bits per heavy atom. The van der Waals surface area contributed by atoms with Crippen molar-refractivity contribution in [3.8, 4) is 6.07 Å². The topological polar surface area (TPSA) is 35.8 Å². The molecular weight excluding hydrogens is 220 g/mol. The zero-order valence-electron chi connectivity index (χ0n) is 11.8. The summed E-state index contributed by atoms with van der Waals surface area (Å²) in [6.45, 7) is 8.09. The lowest BCUT2D eigenvalue weighted by atomic mass is 9.89. The van der Waals surface area contributed by atoms with Gasteiger partial charge in [0, 0.05) is 6.54 Å². The first-order valence-electron chi connectivity index (χ1n) is 6.71. The van der Waals surface area contributed by atoms with Crippen molar-refractivity contribution in [2.75, 3.05) is 6.54 Å². The standard InChI is InChI=1S/C16H24N2/c1-14-7-6-8-15(11-14)12-18-10-5-4-9-16(2,3)13-17/h6-8,11,18H,4-5,9-10,12H2,1-3H3. The van der Waals surface area contributed by atoms with Gasteiger partial charge >= 0.3 is 0 Å². The molecule has 2 nitrogen and oxygen atoms in total. The number of nitrogens with zero attached hydrogens (tertiary/aromatic N) is 1. The molecule has 0 bridgehead atoms. The average Bonchev–Trinajstić information content (AvgIpc) is 2.34. The molecule has 0 aliphatic rings. The summed E-state index contributed by atoms with van der Waals surface area (Å²) < 4.78 is 0. The van der Waals surface area contributed by atoms with E-state index in [2.05, 4.69) is 42.6 Å². The number of aryl methyl sites for hydroxylation is 1. The number of benzene rings is 1. The zero-order chi connectivity index (χ0) is 13.4. The van der Waals surface area contributed by atoms with Gasteiger partial charge in [-0.3, -0.25) is 0 Å². The molecule has 2 heteroatoms. The van der Waals surface area contributed by atoms with E-state index in [4.69, 9.17) is 5.26 Å². The predicted octanol–water partition coefficient (Wildman–Crippen LogP) is 3.80. The first-order chi connectivity index (χ1) is 8.53. The normalized spacial score (nSPS) is 11.2. The quantitative estimate of drug-likeness (QED) is 0.740. The van der Waals surface area contributed by atoms with Crippen molar-refractivity contribution < 1.29 is 0 Å². The first-order valence-corrected chi connectivity index (χ1v) is 6.71. The molecule has 0 saturated heterocycles. The maximum Gasteiger partial charge on any atom is 0.0683 e. The molecule has 98 valence electrons. The van der Waals surface area contributed by atoms with Gasteiger partial charge in [-0.05, 0) is 45.7 Å². The third kappa shape index (κ3) is 5.84. The van der Waals surface area contributed by atoms with Crippen molar-refractivity contribution >= 4 is 0 Å². The summed E-state index contributed by atoms with van der Waals surface area (Å²) in [6.07, 6.45) is 3.23. The monoisotopic (exact) mass is 244 g/mol. The molecule has 0 amide bonds. The Kier molecular flexibility index (Phi) is 5.88. The van der Waals surface area contributed by atoms with Gasteiger partial charge in [-0.1, -0.05) is 36.2 Å².